The van der Waals surface area contributed by atoms with Gasteiger partial charge in [-0.1, -0.05) is 13.8 Å². The lowest BCUT2D eigenvalue weighted by atomic mass is 10.1. The van der Waals surface area contributed by atoms with Gasteiger partial charge in [0.25, 0.3) is 0 Å². The fraction of sp³-hybridized carbons (Fsp3) is 0.909. The van der Waals surface area contributed by atoms with E-state index in [0.29, 0.717) is 6.61 Å². The second kappa shape index (κ2) is 6.08. The Balaban J connectivity index is 3.83. The minimum Gasteiger partial charge on any atom is -0.459 e. The lowest BCUT2D eigenvalue weighted by molar-refractivity contribution is -0.888. The van der Waals surface area contributed by atoms with Gasteiger partial charge >= 0.3 is 5.97 Å². The van der Waals surface area contributed by atoms with E-state index in [-0.39, 0.29) is 11.9 Å². The summed E-state index contributed by atoms with van der Waals surface area (Å²) in [5, 5.41) is 0. The van der Waals surface area contributed by atoms with E-state index in [0.717, 1.165) is 17.6 Å². The SMILES string of the molecule is CC[N+](C)(C)CCOC(=O)C(N)C(C)C. The molecular formula is C11H25N2O2+. The van der Waals surface area contributed by atoms with Crippen LogP contribution in [-0.2, 0) is 9.53 Å². The number of esters is 1. The summed E-state index contributed by atoms with van der Waals surface area (Å²) >= 11 is 0. The van der Waals surface area contributed by atoms with Crippen molar-refractivity contribution >= 4 is 5.97 Å². The zero-order valence-electron chi connectivity index (χ0n) is 10.6. The van der Waals surface area contributed by atoms with Crippen molar-refractivity contribution in [2.45, 2.75) is 26.8 Å². The van der Waals surface area contributed by atoms with Gasteiger partial charge in [0.1, 0.15) is 19.2 Å². The third-order valence-corrected chi connectivity index (χ3v) is 2.79. The fourth-order valence-corrected chi connectivity index (χ4v) is 0.920. The molecule has 4 heteroatoms. The second-order valence-electron chi connectivity index (χ2n) is 4.91. The zero-order valence-corrected chi connectivity index (χ0v) is 10.6. The number of rotatable bonds is 6. The van der Waals surface area contributed by atoms with Crippen LogP contribution in [0.4, 0.5) is 0 Å². The predicted octanol–water partition coefficient (Wildman–Crippen LogP) is 0.609. The smallest absolute Gasteiger partial charge is 0.323 e. The first-order valence-corrected chi connectivity index (χ1v) is 5.54. The summed E-state index contributed by atoms with van der Waals surface area (Å²) in [5.74, 6) is -0.160. The van der Waals surface area contributed by atoms with E-state index in [1.54, 1.807) is 0 Å². The number of likely N-dealkylation sites (N-methyl/N-ethyl adjacent to an activating group) is 1. The van der Waals surface area contributed by atoms with Gasteiger partial charge in [-0.25, -0.2) is 0 Å². The quantitative estimate of drug-likeness (QED) is 0.524. The maximum absolute atomic E-state index is 11.4. The van der Waals surface area contributed by atoms with E-state index in [1.807, 2.05) is 13.8 Å². The number of carbonyl (C=O) groups excluding carboxylic acids is 1. The van der Waals surface area contributed by atoms with Crippen molar-refractivity contribution in [2.75, 3.05) is 33.8 Å². The van der Waals surface area contributed by atoms with Crippen LogP contribution < -0.4 is 5.73 Å². The highest BCUT2D eigenvalue weighted by Crippen LogP contribution is 2.01. The number of hydrogen-bond donors (Lipinski definition) is 1. The Labute approximate surface area is 93.0 Å². The Morgan fingerprint density at radius 1 is 1.40 bits per heavy atom. The van der Waals surface area contributed by atoms with E-state index in [1.165, 1.54) is 0 Å². The standard InChI is InChI=1S/C11H25N2O2/c1-6-13(4,5)7-8-15-11(14)10(12)9(2)3/h9-10H,6-8,12H2,1-5H3/q+1. The monoisotopic (exact) mass is 217 g/mol. The lowest BCUT2D eigenvalue weighted by Crippen LogP contribution is -2.43. The molecule has 2 N–H and O–H groups in total. The molecule has 1 atom stereocenters. The Morgan fingerprint density at radius 3 is 2.33 bits per heavy atom. The number of carbonyl (C=O) groups is 1. The van der Waals surface area contributed by atoms with Gasteiger partial charge < -0.3 is 15.0 Å². The maximum atomic E-state index is 11.4. The fourth-order valence-electron chi connectivity index (χ4n) is 0.920. The first-order chi connectivity index (χ1) is 6.80. The molecule has 0 bridgehead atoms. The number of ether oxygens (including phenoxy) is 1. The van der Waals surface area contributed by atoms with E-state index in [4.69, 9.17) is 10.5 Å². The summed E-state index contributed by atoms with van der Waals surface area (Å²) in [7, 11) is 4.21. The highest BCUT2D eigenvalue weighted by molar-refractivity contribution is 5.75. The Morgan fingerprint density at radius 2 is 1.93 bits per heavy atom. The molecular weight excluding hydrogens is 192 g/mol. The minimum atomic E-state index is -0.498. The van der Waals surface area contributed by atoms with Crippen LogP contribution in [0.1, 0.15) is 20.8 Å². The molecule has 0 radical (unpaired) electrons. The Bertz CT molecular complexity index is 203. The molecule has 0 saturated heterocycles. The number of hydrogen-bond acceptors (Lipinski definition) is 3. The molecule has 0 saturated carbocycles. The molecule has 0 amide bonds. The van der Waals surface area contributed by atoms with Gasteiger partial charge in [-0.15, -0.1) is 0 Å². The highest BCUT2D eigenvalue weighted by Gasteiger charge is 2.20. The van der Waals surface area contributed by atoms with Crippen LogP contribution in [0, 0.1) is 5.92 Å². The maximum Gasteiger partial charge on any atom is 0.323 e. The highest BCUT2D eigenvalue weighted by atomic mass is 16.5. The van der Waals surface area contributed by atoms with Crippen LogP contribution in [0.15, 0.2) is 0 Å². The van der Waals surface area contributed by atoms with Crippen molar-refractivity contribution < 1.29 is 14.0 Å². The zero-order chi connectivity index (χ0) is 12.1. The molecule has 0 aromatic carbocycles. The van der Waals surface area contributed by atoms with Crippen molar-refractivity contribution in [2.24, 2.45) is 11.7 Å². The average Bonchev–Trinajstić information content (AvgIpc) is 2.16. The van der Waals surface area contributed by atoms with Crippen molar-refractivity contribution in [1.82, 2.24) is 0 Å². The molecule has 0 aliphatic carbocycles. The Kier molecular flexibility index (Phi) is 5.83. The third-order valence-electron chi connectivity index (χ3n) is 2.79. The van der Waals surface area contributed by atoms with Gasteiger partial charge in [0, 0.05) is 0 Å². The normalized spacial score (nSPS) is 14.1. The molecule has 0 spiro atoms. The van der Waals surface area contributed by atoms with E-state index in [9.17, 15) is 4.79 Å². The summed E-state index contributed by atoms with van der Waals surface area (Å²) in [5.41, 5.74) is 5.66. The van der Waals surface area contributed by atoms with Gasteiger partial charge in [-0.05, 0) is 12.8 Å². The molecule has 1 unspecified atom stereocenters. The van der Waals surface area contributed by atoms with Gasteiger partial charge in [-0.2, -0.15) is 0 Å². The van der Waals surface area contributed by atoms with Crippen molar-refractivity contribution in [3.05, 3.63) is 0 Å². The first kappa shape index (κ1) is 14.4. The molecule has 15 heavy (non-hydrogen) atoms. The topological polar surface area (TPSA) is 52.3 Å². The molecule has 0 fully saturated rings. The van der Waals surface area contributed by atoms with E-state index < -0.39 is 6.04 Å². The van der Waals surface area contributed by atoms with Gasteiger partial charge in [0.15, 0.2) is 0 Å². The van der Waals surface area contributed by atoms with Crippen LogP contribution in [0.25, 0.3) is 0 Å². The minimum absolute atomic E-state index is 0.131. The molecule has 4 nitrogen and oxygen atoms in total. The van der Waals surface area contributed by atoms with E-state index >= 15 is 0 Å². The van der Waals surface area contributed by atoms with E-state index in [2.05, 4.69) is 21.0 Å². The molecule has 0 aliphatic rings. The number of quaternary nitrogens is 1. The number of nitrogens with two attached hydrogens (primary N) is 1. The van der Waals surface area contributed by atoms with Gasteiger partial charge in [0.2, 0.25) is 0 Å². The first-order valence-electron chi connectivity index (χ1n) is 5.54. The van der Waals surface area contributed by atoms with Crippen LogP contribution >= 0.6 is 0 Å². The molecule has 0 rings (SSSR count). The summed E-state index contributed by atoms with van der Waals surface area (Å²) in [6, 6.07) is -0.498. The molecule has 0 heterocycles. The van der Waals surface area contributed by atoms with Crippen LogP contribution in [-0.4, -0.2) is 50.3 Å². The third kappa shape index (κ3) is 5.74. The summed E-state index contributed by atoms with van der Waals surface area (Å²) in [6.45, 7) is 8.23. The largest absolute Gasteiger partial charge is 0.459 e. The summed E-state index contributed by atoms with van der Waals surface area (Å²) in [6.07, 6.45) is 0. The average molecular weight is 217 g/mol. The number of nitrogens with zero attached hydrogens (tertiary/aromatic N) is 1. The van der Waals surface area contributed by atoms with Crippen LogP contribution in [0.2, 0.25) is 0 Å². The second-order valence-corrected chi connectivity index (χ2v) is 4.91. The van der Waals surface area contributed by atoms with Crippen LogP contribution in [0.5, 0.6) is 0 Å². The van der Waals surface area contributed by atoms with Crippen molar-refractivity contribution in [3.63, 3.8) is 0 Å². The molecule has 0 aromatic rings. The molecule has 0 aromatic heterocycles. The molecule has 90 valence electrons. The van der Waals surface area contributed by atoms with Gasteiger partial charge in [-0.3, -0.25) is 4.79 Å². The predicted molar refractivity (Wildman–Crippen MR) is 61.3 cm³/mol. The van der Waals surface area contributed by atoms with Crippen molar-refractivity contribution in [1.29, 1.82) is 0 Å². The van der Waals surface area contributed by atoms with Crippen molar-refractivity contribution in [3.8, 4) is 0 Å². The summed E-state index contributed by atoms with van der Waals surface area (Å²) < 4.78 is 5.97. The Hall–Kier alpha value is -0.610. The lowest BCUT2D eigenvalue weighted by Gasteiger charge is -2.28. The van der Waals surface area contributed by atoms with Crippen LogP contribution in [0.3, 0.4) is 0 Å². The van der Waals surface area contributed by atoms with Gasteiger partial charge in [0.05, 0.1) is 20.6 Å². The molecule has 0 aliphatic heterocycles. The summed E-state index contributed by atoms with van der Waals surface area (Å²) in [4.78, 5) is 11.4.